The average molecular weight is 426 g/mol. The van der Waals surface area contributed by atoms with Crippen LogP contribution in [0.4, 0.5) is 5.69 Å². The Morgan fingerprint density at radius 3 is 2.78 bits per heavy atom. The van der Waals surface area contributed by atoms with Crippen molar-refractivity contribution >= 4 is 44.6 Å². The molecule has 1 aromatic carbocycles. The van der Waals surface area contributed by atoms with Crippen LogP contribution in [0.3, 0.4) is 0 Å². The lowest BCUT2D eigenvalue weighted by Crippen LogP contribution is -2.39. The van der Waals surface area contributed by atoms with Crippen molar-refractivity contribution in [1.82, 2.24) is 4.90 Å². The Morgan fingerprint density at radius 2 is 2.15 bits per heavy atom. The zero-order chi connectivity index (χ0) is 19.6. The second-order valence-corrected chi connectivity index (χ2v) is 9.66. The smallest absolute Gasteiger partial charge is 0.241 e. The largest absolute Gasteiger partial charge is 0.311 e. The maximum absolute atomic E-state index is 12.9. The minimum atomic E-state index is -3.75. The number of fused-ring (bicyclic) bond motifs is 1. The molecule has 0 atom stereocenters. The third kappa shape index (κ3) is 4.77. The summed E-state index contributed by atoms with van der Waals surface area (Å²) in [7, 11) is -3.75. The molecule has 144 valence electrons. The SMILES string of the molecule is C=CCN(CC(=O)N1CCc2cc(S(N)(=O)=O)ccc21)Cc1ccc(Cl)s1. The standard InChI is InChI=1S/C18H20ClN3O3S2/c1-2-8-21(11-14-3-6-17(19)26-14)12-18(23)22-9-7-13-10-15(27(20,24)25)4-5-16(13)22/h2-6,10H,1,7-9,11-12H2,(H2,20,24,25). The Hall–Kier alpha value is -1.71. The summed E-state index contributed by atoms with van der Waals surface area (Å²) in [5, 5.41) is 5.19. The summed E-state index contributed by atoms with van der Waals surface area (Å²) in [6.45, 7) is 5.71. The first-order chi connectivity index (χ1) is 12.8. The normalized spacial score (nSPS) is 13.8. The lowest BCUT2D eigenvalue weighted by molar-refractivity contribution is -0.119. The van der Waals surface area contributed by atoms with Crippen LogP contribution in [0.25, 0.3) is 0 Å². The van der Waals surface area contributed by atoms with Crippen molar-refractivity contribution in [2.75, 3.05) is 24.5 Å². The van der Waals surface area contributed by atoms with Crippen molar-refractivity contribution in [2.45, 2.75) is 17.9 Å². The van der Waals surface area contributed by atoms with Crippen LogP contribution in [-0.4, -0.2) is 38.9 Å². The van der Waals surface area contributed by atoms with E-state index in [9.17, 15) is 13.2 Å². The van der Waals surface area contributed by atoms with Gasteiger partial charge in [0.25, 0.3) is 0 Å². The molecule has 0 aliphatic carbocycles. The zero-order valence-corrected chi connectivity index (χ0v) is 17.0. The third-order valence-corrected chi connectivity index (χ3v) is 6.46. The molecule has 2 heterocycles. The minimum absolute atomic E-state index is 0.0402. The van der Waals surface area contributed by atoms with Crippen LogP contribution >= 0.6 is 22.9 Å². The van der Waals surface area contributed by atoms with Crippen LogP contribution in [-0.2, 0) is 27.8 Å². The van der Waals surface area contributed by atoms with Gasteiger partial charge in [-0.2, -0.15) is 0 Å². The maximum Gasteiger partial charge on any atom is 0.241 e. The molecule has 6 nitrogen and oxygen atoms in total. The molecule has 0 radical (unpaired) electrons. The van der Waals surface area contributed by atoms with Gasteiger partial charge in [-0.05, 0) is 42.3 Å². The quantitative estimate of drug-likeness (QED) is 0.691. The van der Waals surface area contributed by atoms with Gasteiger partial charge in [-0.15, -0.1) is 17.9 Å². The van der Waals surface area contributed by atoms with Gasteiger partial charge in [0.15, 0.2) is 0 Å². The van der Waals surface area contributed by atoms with E-state index in [1.165, 1.54) is 17.4 Å². The molecule has 0 fully saturated rings. The van der Waals surface area contributed by atoms with E-state index in [4.69, 9.17) is 16.7 Å². The Labute approximate surface area is 167 Å². The molecule has 1 aromatic heterocycles. The molecule has 0 unspecified atom stereocenters. The first kappa shape index (κ1) is 20.0. The summed E-state index contributed by atoms with van der Waals surface area (Å²) in [6, 6.07) is 8.43. The molecule has 3 rings (SSSR count). The van der Waals surface area contributed by atoms with E-state index in [1.54, 1.807) is 23.1 Å². The summed E-state index contributed by atoms with van der Waals surface area (Å²) in [6.07, 6.45) is 2.37. The fourth-order valence-electron chi connectivity index (χ4n) is 3.12. The molecule has 1 aliphatic heterocycles. The number of benzene rings is 1. The summed E-state index contributed by atoms with van der Waals surface area (Å²) in [5.74, 6) is -0.0402. The van der Waals surface area contributed by atoms with Gasteiger partial charge in [0, 0.05) is 30.2 Å². The van der Waals surface area contributed by atoms with E-state index in [0.29, 0.717) is 30.4 Å². The van der Waals surface area contributed by atoms with Crippen LogP contribution in [0.5, 0.6) is 0 Å². The van der Waals surface area contributed by atoms with Crippen LogP contribution in [0.1, 0.15) is 10.4 Å². The van der Waals surface area contributed by atoms with Crippen molar-refractivity contribution in [2.24, 2.45) is 5.14 Å². The maximum atomic E-state index is 12.9. The van der Waals surface area contributed by atoms with Crippen molar-refractivity contribution in [3.05, 3.63) is 57.8 Å². The van der Waals surface area contributed by atoms with Crippen molar-refractivity contribution in [3.63, 3.8) is 0 Å². The molecular weight excluding hydrogens is 406 g/mol. The number of nitrogens with two attached hydrogens (primary N) is 1. The first-order valence-corrected chi connectivity index (χ1v) is 11.1. The van der Waals surface area contributed by atoms with E-state index in [2.05, 4.69) is 6.58 Å². The zero-order valence-electron chi connectivity index (χ0n) is 14.6. The van der Waals surface area contributed by atoms with Crippen molar-refractivity contribution in [3.8, 4) is 0 Å². The number of halogens is 1. The molecular formula is C18H20ClN3O3S2. The van der Waals surface area contributed by atoms with Gasteiger partial charge in [-0.3, -0.25) is 9.69 Å². The summed E-state index contributed by atoms with van der Waals surface area (Å²) in [5.41, 5.74) is 1.56. The predicted octanol–water partition coefficient (Wildman–Crippen LogP) is 2.63. The Kier molecular flexibility index (Phi) is 6.02. The van der Waals surface area contributed by atoms with Gasteiger partial charge in [0.2, 0.25) is 15.9 Å². The molecule has 0 saturated carbocycles. The number of carbonyl (C=O) groups excluding carboxylic acids is 1. The Balaban J connectivity index is 1.73. The number of sulfonamides is 1. The number of nitrogens with zero attached hydrogens (tertiary/aromatic N) is 2. The summed E-state index contributed by atoms with van der Waals surface area (Å²) >= 11 is 7.47. The molecule has 27 heavy (non-hydrogen) atoms. The highest BCUT2D eigenvalue weighted by atomic mass is 35.5. The van der Waals surface area contributed by atoms with Crippen LogP contribution < -0.4 is 10.0 Å². The van der Waals surface area contributed by atoms with Gasteiger partial charge in [0.05, 0.1) is 15.8 Å². The number of thiophene rings is 1. The second-order valence-electron chi connectivity index (χ2n) is 6.30. The monoisotopic (exact) mass is 425 g/mol. The van der Waals surface area contributed by atoms with Crippen LogP contribution in [0.15, 0.2) is 47.9 Å². The molecule has 1 amide bonds. The lowest BCUT2D eigenvalue weighted by atomic mass is 10.2. The van der Waals surface area contributed by atoms with Crippen molar-refractivity contribution < 1.29 is 13.2 Å². The van der Waals surface area contributed by atoms with Gasteiger partial charge >= 0.3 is 0 Å². The van der Waals surface area contributed by atoms with E-state index < -0.39 is 10.0 Å². The van der Waals surface area contributed by atoms with E-state index in [0.717, 1.165) is 16.1 Å². The fourth-order valence-corrected chi connectivity index (χ4v) is 4.81. The highest BCUT2D eigenvalue weighted by molar-refractivity contribution is 7.89. The molecule has 0 spiro atoms. The number of amides is 1. The van der Waals surface area contributed by atoms with Gasteiger partial charge in [0.1, 0.15) is 0 Å². The summed E-state index contributed by atoms with van der Waals surface area (Å²) in [4.78, 5) is 17.7. The van der Waals surface area contributed by atoms with Crippen molar-refractivity contribution in [1.29, 1.82) is 0 Å². The number of hydrogen-bond donors (Lipinski definition) is 1. The predicted molar refractivity (Wildman–Crippen MR) is 109 cm³/mol. The number of anilines is 1. The molecule has 2 aromatic rings. The molecule has 0 bridgehead atoms. The molecule has 1 aliphatic rings. The Bertz CT molecular complexity index is 972. The number of primary sulfonamides is 1. The number of hydrogen-bond acceptors (Lipinski definition) is 5. The van der Waals surface area contributed by atoms with Crippen LogP contribution in [0, 0.1) is 0 Å². The lowest BCUT2D eigenvalue weighted by Gasteiger charge is -2.24. The highest BCUT2D eigenvalue weighted by Crippen LogP contribution is 2.30. The van der Waals surface area contributed by atoms with Gasteiger partial charge in [-0.1, -0.05) is 17.7 Å². The fraction of sp³-hybridized carbons (Fsp3) is 0.278. The van der Waals surface area contributed by atoms with Crippen LogP contribution in [0.2, 0.25) is 4.34 Å². The molecule has 9 heteroatoms. The first-order valence-electron chi connectivity index (χ1n) is 8.31. The number of carbonyl (C=O) groups is 1. The average Bonchev–Trinajstić information content (AvgIpc) is 3.19. The van der Waals surface area contributed by atoms with E-state index in [-0.39, 0.29) is 17.3 Å². The van der Waals surface area contributed by atoms with E-state index in [1.807, 2.05) is 17.0 Å². The minimum Gasteiger partial charge on any atom is -0.311 e. The highest BCUT2D eigenvalue weighted by Gasteiger charge is 2.27. The van der Waals surface area contributed by atoms with Gasteiger partial charge in [-0.25, -0.2) is 13.6 Å². The van der Waals surface area contributed by atoms with E-state index >= 15 is 0 Å². The molecule has 2 N–H and O–H groups in total. The third-order valence-electron chi connectivity index (χ3n) is 4.33. The number of rotatable bonds is 7. The second kappa shape index (κ2) is 8.12. The Morgan fingerprint density at radius 1 is 1.37 bits per heavy atom. The summed E-state index contributed by atoms with van der Waals surface area (Å²) < 4.78 is 23.7. The molecule has 0 saturated heterocycles. The topological polar surface area (TPSA) is 83.7 Å². The van der Waals surface area contributed by atoms with Gasteiger partial charge < -0.3 is 4.90 Å².